The van der Waals surface area contributed by atoms with Gasteiger partial charge in [-0.15, -0.1) is 0 Å². The van der Waals surface area contributed by atoms with Crippen LogP contribution in [0.4, 0.5) is 11.4 Å². The van der Waals surface area contributed by atoms with Crippen LogP contribution >= 0.6 is 11.6 Å². The SMILES string of the molecule is CC1CC2C[C@@H](C1)N2C=O.CNc1ccc(Cl)c(N2CCC(O)C2)c1. The smallest absolute Gasteiger partial charge is 0.210 e. The standard InChI is InChI=1S/C11H15ClN2O.C8H13NO/c1-13-8-2-3-10(12)11(6-8)14-5-4-9(15)7-14;1-6-2-7-4-8(3-6)9(7)5-10/h2-3,6,9,13,15H,4-5,7H2,1H3;5-8H,2-4H2,1H3/t;6?,7-,8?/m.1/s1. The Morgan fingerprint density at radius 1 is 1.28 bits per heavy atom. The second-order valence-electron chi connectivity index (χ2n) is 7.48. The molecular weight excluding hydrogens is 338 g/mol. The molecule has 4 atom stereocenters. The Hall–Kier alpha value is -1.46. The van der Waals surface area contributed by atoms with E-state index in [1.165, 1.54) is 19.3 Å². The van der Waals surface area contributed by atoms with Gasteiger partial charge >= 0.3 is 0 Å². The summed E-state index contributed by atoms with van der Waals surface area (Å²) in [7, 11) is 1.88. The van der Waals surface area contributed by atoms with E-state index in [-0.39, 0.29) is 6.10 Å². The maximum atomic E-state index is 10.4. The number of amides is 1. The maximum Gasteiger partial charge on any atom is 0.210 e. The molecule has 4 aliphatic rings. The molecule has 3 unspecified atom stereocenters. The number of carbonyl (C=O) groups excluding carboxylic acids is 1. The number of aliphatic hydroxyl groups is 1. The lowest BCUT2D eigenvalue weighted by molar-refractivity contribution is -0.136. The summed E-state index contributed by atoms with van der Waals surface area (Å²) < 4.78 is 0. The normalized spacial score (nSPS) is 30.2. The fourth-order valence-corrected chi connectivity index (χ4v) is 4.46. The quantitative estimate of drug-likeness (QED) is 0.808. The summed E-state index contributed by atoms with van der Waals surface area (Å²) in [5.74, 6) is 0.847. The first kappa shape index (κ1) is 18.3. The van der Waals surface area contributed by atoms with E-state index in [1.54, 1.807) is 0 Å². The number of aliphatic hydroxyl groups excluding tert-OH is 1. The number of benzene rings is 1. The van der Waals surface area contributed by atoms with E-state index in [0.717, 1.165) is 41.7 Å². The molecule has 25 heavy (non-hydrogen) atoms. The highest BCUT2D eigenvalue weighted by Crippen LogP contribution is 2.39. The van der Waals surface area contributed by atoms with Crippen molar-refractivity contribution in [3.05, 3.63) is 23.2 Å². The van der Waals surface area contributed by atoms with Gasteiger partial charge in [0.2, 0.25) is 6.41 Å². The summed E-state index contributed by atoms with van der Waals surface area (Å²) >= 11 is 6.13. The molecule has 5 nitrogen and oxygen atoms in total. The summed E-state index contributed by atoms with van der Waals surface area (Å²) in [6.45, 7) is 3.82. The molecule has 0 aromatic heterocycles. The minimum Gasteiger partial charge on any atom is -0.391 e. The van der Waals surface area contributed by atoms with Gasteiger partial charge in [-0.05, 0) is 49.8 Å². The van der Waals surface area contributed by atoms with Gasteiger partial charge < -0.3 is 20.2 Å². The van der Waals surface area contributed by atoms with Crippen molar-refractivity contribution in [1.82, 2.24) is 4.90 Å². The molecule has 2 bridgehead atoms. The molecule has 2 N–H and O–H groups in total. The van der Waals surface area contributed by atoms with Gasteiger partial charge in [-0.25, -0.2) is 0 Å². The highest BCUT2D eigenvalue weighted by Gasteiger charge is 2.42. The number of piperidine rings is 1. The molecule has 1 aromatic rings. The number of carbonyl (C=O) groups is 1. The van der Waals surface area contributed by atoms with Crippen LogP contribution in [-0.4, -0.2) is 54.7 Å². The molecule has 6 heteroatoms. The Morgan fingerprint density at radius 3 is 2.56 bits per heavy atom. The van der Waals surface area contributed by atoms with E-state index in [9.17, 15) is 9.90 Å². The predicted octanol–water partition coefficient (Wildman–Crippen LogP) is 2.97. The molecule has 5 rings (SSSR count). The lowest BCUT2D eigenvalue weighted by Crippen LogP contribution is -2.59. The minimum absolute atomic E-state index is 0.223. The molecule has 3 aliphatic heterocycles. The fourth-order valence-electron chi connectivity index (χ4n) is 4.22. The molecule has 1 aliphatic carbocycles. The summed E-state index contributed by atoms with van der Waals surface area (Å²) in [5, 5.41) is 13.3. The largest absolute Gasteiger partial charge is 0.391 e. The van der Waals surface area contributed by atoms with E-state index in [1.807, 2.05) is 30.1 Å². The average Bonchev–Trinajstić information content (AvgIpc) is 3.02. The molecule has 1 amide bonds. The van der Waals surface area contributed by atoms with Crippen LogP contribution in [0, 0.1) is 5.92 Å². The van der Waals surface area contributed by atoms with Crippen molar-refractivity contribution in [2.24, 2.45) is 5.92 Å². The first-order chi connectivity index (χ1) is 12.0. The van der Waals surface area contributed by atoms with Gasteiger partial charge in [0.15, 0.2) is 0 Å². The van der Waals surface area contributed by atoms with E-state index in [4.69, 9.17) is 11.6 Å². The summed E-state index contributed by atoms with van der Waals surface area (Å²) in [6.07, 6.45) is 5.34. The van der Waals surface area contributed by atoms with Gasteiger partial charge in [-0.2, -0.15) is 0 Å². The number of rotatable bonds is 3. The highest BCUT2D eigenvalue weighted by atomic mass is 35.5. The third-order valence-corrected chi connectivity index (χ3v) is 5.92. The third-order valence-electron chi connectivity index (χ3n) is 5.60. The fraction of sp³-hybridized carbons (Fsp3) is 0.632. The van der Waals surface area contributed by atoms with E-state index in [0.29, 0.717) is 18.6 Å². The predicted molar refractivity (Wildman–Crippen MR) is 102 cm³/mol. The van der Waals surface area contributed by atoms with Gasteiger partial charge in [0.25, 0.3) is 0 Å². The molecule has 3 saturated heterocycles. The van der Waals surface area contributed by atoms with Crippen molar-refractivity contribution in [3.63, 3.8) is 0 Å². The van der Waals surface area contributed by atoms with Gasteiger partial charge in [-0.1, -0.05) is 18.5 Å². The van der Waals surface area contributed by atoms with Crippen molar-refractivity contribution in [2.45, 2.75) is 50.8 Å². The Morgan fingerprint density at radius 2 is 2.00 bits per heavy atom. The van der Waals surface area contributed by atoms with Gasteiger partial charge in [0.05, 0.1) is 16.8 Å². The number of nitrogens with one attached hydrogen (secondary N) is 1. The monoisotopic (exact) mass is 365 g/mol. The average molecular weight is 366 g/mol. The highest BCUT2D eigenvalue weighted by molar-refractivity contribution is 6.33. The van der Waals surface area contributed by atoms with Crippen molar-refractivity contribution in [2.75, 3.05) is 30.4 Å². The maximum absolute atomic E-state index is 10.4. The summed E-state index contributed by atoms with van der Waals surface area (Å²) in [4.78, 5) is 14.5. The van der Waals surface area contributed by atoms with Gasteiger partial charge in [0, 0.05) is 37.9 Å². The van der Waals surface area contributed by atoms with Crippen molar-refractivity contribution >= 4 is 29.4 Å². The molecule has 0 radical (unpaired) electrons. The molecule has 0 spiro atoms. The zero-order valence-electron chi connectivity index (χ0n) is 15.0. The minimum atomic E-state index is -0.223. The summed E-state index contributed by atoms with van der Waals surface area (Å²) in [5.41, 5.74) is 2.04. The number of hydrogen-bond donors (Lipinski definition) is 2. The first-order valence-corrected chi connectivity index (χ1v) is 9.52. The molecule has 1 saturated carbocycles. The lowest BCUT2D eigenvalue weighted by atomic mass is 9.75. The molecule has 1 aromatic carbocycles. The lowest BCUT2D eigenvalue weighted by Gasteiger charge is -2.53. The van der Waals surface area contributed by atoms with Crippen LogP contribution in [0.2, 0.25) is 5.02 Å². The second kappa shape index (κ2) is 7.83. The van der Waals surface area contributed by atoms with Crippen LogP contribution < -0.4 is 10.2 Å². The van der Waals surface area contributed by atoms with E-state index >= 15 is 0 Å². The Balaban J connectivity index is 0.000000157. The Labute approximate surface area is 154 Å². The van der Waals surface area contributed by atoms with Crippen molar-refractivity contribution in [3.8, 4) is 0 Å². The van der Waals surface area contributed by atoms with Crippen LogP contribution in [0.5, 0.6) is 0 Å². The number of fused-ring (bicyclic) bond motifs is 2. The van der Waals surface area contributed by atoms with E-state index < -0.39 is 0 Å². The van der Waals surface area contributed by atoms with Gasteiger partial charge in [-0.3, -0.25) is 4.79 Å². The van der Waals surface area contributed by atoms with Crippen molar-refractivity contribution < 1.29 is 9.90 Å². The van der Waals surface area contributed by atoms with E-state index in [2.05, 4.69) is 17.1 Å². The van der Waals surface area contributed by atoms with Crippen LogP contribution in [-0.2, 0) is 4.79 Å². The number of hydrogen-bond acceptors (Lipinski definition) is 4. The summed E-state index contributed by atoms with van der Waals surface area (Å²) in [6, 6.07) is 7.05. The molecular formula is C19H28ClN3O2. The molecule has 4 fully saturated rings. The Bertz CT molecular complexity index is 600. The molecule has 138 valence electrons. The number of anilines is 2. The number of β-amino-alcohol motifs (C(OH)–C–C–N with tert-alkyl or cyclic N) is 1. The Kier molecular flexibility index (Phi) is 5.74. The van der Waals surface area contributed by atoms with Gasteiger partial charge in [0.1, 0.15) is 0 Å². The second-order valence-corrected chi connectivity index (χ2v) is 7.88. The first-order valence-electron chi connectivity index (χ1n) is 9.14. The van der Waals surface area contributed by atoms with Crippen molar-refractivity contribution in [1.29, 1.82) is 0 Å². The number of nitrogens with zero attached hydrogens (tertiary/aromatic N) is 2. The van der Waals surface area contributed by atoms with Crippen LogP contribution in [0.1, 0.15) is 32.6 Å². The third kappa shape index (κ3) is 4.04. The van der Waals surface area contributed by atoms with Crippen LogP contribution in [0.3, 0.4) is 0 Å². The number of halogens is 1. The topological polar surface area (TPSA) is 55.8 Å². The zero-order chi connectivity index (χ0) is 18.0. The zero-order valence-corrected chi connectivity index (χ0v) is 15.7. The van der Waals surface area contributed by atoms with Crippen LogP contribution in [0.25, 0.3) is 0 Å². The molecule has 3 heterocycles. The van der Waals surface area contributed by atoms with Crippen LogP contribution in [0.15, 0.2) is 18.2 Å².